The molecule has 6 N–H and O–H groups in total. The van der Waals surface area contributed by atoms with Crippen LogP contribution in [-0.4, -0.2) is 69.0 Å². The number of carbonyl (C=O) groups is 3. The Hall–Kier alpha value is -9.63. The van der Waals surface area contributed by atoms with Crippen LogP contribution in [0, 0.1) is 27.7 Å². The summed E-state index contributed by atoms with van der Waals surface area (Å²) in [5.41, 5.74) is 22.3. The van der Waals surface area contributed by atoms with Gasteiger partial charge < -0.3 is 49.6 Å². The smallest absolute Gasteiger partial charge is 0.658 e. The molecule has 78 heavy (non-hydrogen) atoms. The second-order valence-electron chi connectivity index (χ2n) is 17.5. The number of H-pyrrole nitrogens is 5. The van der Waals surface area contributed by atoms with Gasteiger partial charge in [0, 0.05) is 71.6 Å². The number of aromatic amines is 5. The van der Waals surface area contributed by atoms with Gasteiger partial charge in [-0.3, -0.25) is 4.79 Å². The fourth-order valence-corrected chi connectivity index (χ4v) is 8.03. The number of hydrogen-bond donors (Lipinski definition) is 6. The van der Waals surface area contributed by atoms with Crippen molar-refractivity contribution in [1.29, 1.82) is 0 Å². The summed E-state index contributed by atoms with van der Waals surface area (Å²) in [7, 11) is 0. The Bertz CT molecular complexity index is 3460. The molecule has 0 fully saturated rings. The molecule has 0 saturated heterocycles. The van der Waals surface area contributed by atoms with Gasteiger partial charge in [-0.2, -0.15) is 0 Å². The average Bonchev–Trinajstić information content (AvgIpc) is 4.27. The summed E-state index contributed by atoms with van der Waals surface area (Å²) < 4.78 is 0. The third-order valence-corrected chi connectivity index (χ3v) is 11.9. The zero-order valence-electron chi connectivity index (χ0n) is 44.0. The van der Waals surface area contributed by atoms with Gasteiger partial charge in [-0.25, -0.2) is 19.9 Å². The predicted molar refractivity (Wildman–Crippen MR) is 312 cm³/mol. The average molecular weight is 1080 g/mol. The SMILES string of the molecule is C=O.CC(=O)O.CC=O.Cc1c2nc(cc3ccc([n-]3)c(C)c3nc(cc4ccc1[n-]4)C=C3)C=C2.Cc1c2nc(cc3ccc([nH]3)c(C)c3nc(cc4ccc1[nH]4)C=C3)C=C2.[Mn+2].c1c[nH]c(Cc2ccc[nH]2)c1.c1cc[nH]c1. The van der Waals surface area contributed by atoms with E-state index in [2.05, 4.69) is 125 Å². The van der Waals surface area contributed by atoms with Crippen LogP contribution >= 0.6 is 0 Å². The molecule has 13 heterocycles. The molecule has 0 aromatic carbocycles. The first-order chi connectivity index (χ1) is 37.4. The molecule has 4 aliphatic rings. The molecule has 4 aliphatic heterocycles. The summed E-state index contributed by atoms with van der Waals surface area (Å²) in [5, 5.41) is 7.42. The van der Waals surface area contributed by atoms with Gasteiger partial charge in [-0.15, -0.1) is 22.1 Å². The maximum absolute atomic E-state index is 9.00. The van der Waals surface area contributed by atoms with Crippen LogP contribution in [0.3, 0.4) is 0 Å². The van der Waals surface area contributed by atoms with Crippen molar-refractivity contribution in [2.24, 2.45) is 0 Å². The van der Waals surface area contributed by atoms with Gasteiger partial charge in [0.05, 0.1) is 45.6 Å². The Morgan fingerprint density at radius 1 is 0.526 bits per heavy atom. The number of carbonyl (C=O) groups excluding carboxylic acids is 2. The summed E-state index contributed by atoms with van der Waals surface area (Å²) in [6.07, 6.45) is 25.7. The van der Waals surface area contributed by atoms with E-state index in [4.69, 9.17) is 49.4 Å². The molecule has 9 aromatic rings. The fraction of sp³-hybridized carbons (Fsp3) is 0.113. The second kappa shape index (κ2) is 28.3. The number of nitrogens with one attached hydrogen (secondary N) is 5. The summed E-state index contributed by atoms with van der Waals surface area (Å²) >= 11 is 0. The Balaban J connectivity index is 0.000000176. The quantitative estimate of drug-likeness (QED) is 0.0708. The number of carboxylic acid groups (broad SMARTS) is 1. The van der Waals surface area contributed by atoms with Crippen molar-refractivity contribution in [3.05, 3.63) is 213 Å². The minimum atomic E-state index is -0.833. The zero-order chi connectivity index (χ0) is 54.7. The van der Waals surface area contributed by atoms with Crippen LogP contribution in [0.5, 0.6) is 0 Å². The maximum Gasteiger partial charge on any atom is 2.00 e. The van der Waals surface area contributed by atoms with Crippen molar-refractivity contribution in [1.82, 2.24) is 54.8 Å². The number of carboxylic acids is 1. The fourth-order valence-electron chi connectivity index (χ4n) is 8.03. The molecule has 9 aromatic heterocycles. The molecular weight excluding hydrogens is 1020 g/mol. The first-order valence-electron chi connectivity index (χ1n) is 24.6. The molecule has 0 amide bonds. The predicted octanol–water partition coefficient (Wildman–Crippen LogP) is 12.9. The van der Waals surface area contributed by atoms with Crippen molar-refractivity contribution in [2.45, 2.75) is 48.0 Å². The third kappa shape index (κ3) is 15.9. The molecule has 0 unspecified atom stereocenters. The van der Waals surface area contributed by atoms with Gasteiger partial charge in [0.25, 0.3) is 5.97 Å². The van der Waals surface area contributed by atoms with Crippen LogP contribution in [0.25, 0.3) is 92.7 Å². The molecule has 16 heteroatoms. The number of fused-ring (bicyclic) bond motifs is 16. The van der Waals surface area contributed by atoms with Crippen LogP contribution in [0.2, 0.25) is 0 Å². The van der Waals surface area contributed by atoms with E-state index in [0.29, 0.717) is 0 Å². The van der Waals surface area contributed by atoms with E-state index in [-0.39, 0.29) is 17.1 Å². The van der Waals surface area contributed by atoms with Gasteiger partial charge in [0.15, 0.2) is 0 Å². The Morgan fingerprint density at radius 2 is 0.885 bits per heavy atom. The van der Waals surface area contributed by atoms with Crippen LogP contribution in [0.15, 0.2) is 134 Å². The van der Waals surface area contributed by atoms with Gasteiger partial charge >= 0.3 is 17.1 Å². The van der Waals surface area contributed by atoms with Crippen LogP contribution < -0.4 is 9.97 Å². The van der Waals surface area contributed by atoms with E-state index < -0.39 is 5.97 Å². The van der Waals surface area contributed by atoms with Crippen LogP contribution in [0.1, 0.15) is 93.0 Å². The molecule has 0 aliphatic carbocycles. The van der Waals surface area contributed by atoms with Gasteiger partial charge in [0.2, 0.25) is 0 Å². The van der Waals surface area contributed by atoms with E-state index in [0.717, 1.165) is 132 Å². The standard InChI is InChI=1S/C22H18N4.C22H16N4.C9H10N2.C4H5N.C2H4O2.C2H4O.CH2O.Mn/c2*1-13-19-7-3-15(23-19)11-17-5-9-21(25-17)14(2)22-10-6-18(26-22)12-16-4-8-20(13)24-16;1-3-8(10-5-1)7-9-4-2-6-11-9;1-2-4-5-3-1;1-2(3)4;1-2-3;1-2;/h3-12,23,26H,1-2H3;3-12H,1-2H3;1-6,10-11H,7H2;1-5H;1H3,(H,3,4);2H,1H3;1H2;/q;-2;;;;;;+2. The van der Waals surface area contributed by atoms with Crippen molar-refractivity contribution >= 4 is 112 Å². The van der Waals surface area contributed by atoms with Crippen molar-refractivity contribution in [3.8, 4) is 0 Å². The van der Waals surface area contributed by atoms with Crippen molar-refractivity contribution in [3.63, 3.8) is 0 Å². The zero-order valence-corrected chi connectivity index (χ0v) is 45.2. The van der Waals surface area contributed by atoms with E-state index in [9.17, 15) is 0 Å². The molecule has 1 radical (unpaired) electrons. The molecule has 0 saturated carbocycles. The minimum Gasteiger partial charge on any atom is -0.658 e. The van der Waals surface area contributed by atoms with Crippen molar-refractivity contribution in [2.75, 3.05) is 0 Å². The van der Waals surface area contributed by atoms with Gasteiger partial charge in [-0.1, -0.05) is 36.4 Å². The summed E-state index contributed by atoms with van der Waals surface area (Å²) in [6, 6.07) is 36.7. The number of hydrogen-bond acceptors (Lipinski definition) is 7. The molecule has 393 valence electrons. The topological polar surface area (TPSA) is 230 Å². The first-order valence-corrected chi connectivity index (χ1v) is 24.6. The Kier molecular flexibility index (Phi) is 20.9. The summed E-state index contributed by atoms with van der Waals surface area (Å²) in [6.45, 7) is 12.8. The maximum atomic E-state index is 9.00. The molecule has 0 atom stereocenters. The first kappa shape index (κ1) is 57.6. The number of aliphatic carboxylic acids is 1. The molecule has 16 bridgehead atoms. The van der Waals surface area contributed by atoms with Crippen molar-refractivity contribution < 1.29 is 36.6 Å². The largest absolute Gasteiger partial charge is 2.00 e. The molecule has 13 rings (SSSR count). The number of aromatic nitrogens is 11. The van der Waals surface area contributed by atoms with Crippen LogP contribution in [-0.2, 0) is 37.9 Å². The van der Waals surface area contributed by atoms with Gasteiger partial charge in [0.1, 0.15) is 13.1 Å². The summed E-state index contributed by atoms with van der Waals surface area (Å²) in [4.78, 5) is 70.3. The Labute approximate surface area is 462 Å². The normalized spacial score (nSPS) is 10.9. The van der Waals surface area contributed by atoms with Crippen LogP contribution in [0.4, 0.5) is 0 Å². The van der Waals surface area contributed by atoms with E-state index in [1.54, 1.807) is 0 Å². The Morgan fingerprint density at radius 3 is 1.22 bits per heavy atom. The number of aryl methyl sites for hydroxylation is 4. The number of rotatable bonds is 2. The van der Waals surface area contributed by atoms with E-state index in [1.165, 1.54) is 18.3 Å². The molecular formula is C62H59MnN11O4. The monoisotopic (exact) mass is 1080 g/mol. The van der Waals surface area contributed by atoms with E-state index in [1.807, 2.05) is 117 Å². The minimum absolute atomic E-state index is 0. The summed E-state index contributed by atoms with van der Waals surface area (Å²) in [5.74, 6) is -0.833. The number of aldehydes is 1. The third-order valence-electron chi connectivity index (χ3n) is 11.9. The van der Waals surface area contributed by atoms with E-state index >= 15 is 0 Å². The van der Waals surface area contributed by atoms with Gasteiger partial charge in [-0.05, 0) is 178 Å². The molecule has 0 spiro atoms. The molecule has 15 nitrogen and oxygen atoms in total. The number of nitrogens with zero attached hydrogens (tertiary/aromatic N) is 6. The second-order valence-corrected chi connectivity index (χ2v) is 17.5.